The maximum Gasteiger partial charge on any atom is 0.196 e. The fraction of sp³-hybridized carbons (Fsp3) is 0.269. The lowest BCUT2D eigenvalue weighted by molar-refractivity contribution is 0.254. The van der Waals surface area contributed by atoms with Gasteiger partial charge in [0.2, 0.25) is 0 Å². The fourth-order valence-electron chi connectivity index (χ4n) is 4.57. The summed E-state index contributed by atoms with van der Waals surface area (Å²) in [5, 5.41) is 0.691. The van der Waals surface area contributed by atoms with Crippen LogP contribution in [0.2, 0.25) is 5.02 Å². The lowest BCUT2D eigenvalue weighted by Crippen LogP contribution is -2.47. The Morgan fingerprint density at radius 3 is 2.38 bits per heavy atom. The summed E-state index contributed by atoms with van der Waals surface area (Å²) < 4.78 is 43.1. The fourth-order valence-corrected chi connectivity index (χ4v) is 4.69. The summed E-state index contributed by atoms with van der Waals surface area (Å²) >= 11 is 6.07. The Bertz CT molecular complexity index is 1300. The third-order valence-electron chi connectivity index (χ3n) is 6.36. The molecule has 4 aromatic rings. The highest BCUT2D eigenvalue weighted by molar-refractivity contribution is 6.30. The molecule has 1 saturated heterocycles. The number of imidazole rings is 1. The molecule has 0 atom stereocenters. The maximum absolute atomic E-state index is 14.1. The summed E-state index contributed by atoms with van der Waals surface area (Å²) in [5.74, 6) is -3.69. The number of piperazine rings is 1. The van der Waals surface area contributed by atoms with Gasteiger partial charge in [0.05, 0.1) is 17.1 Å². The van der Waals surface area contributed by atoms with Crippen LogP contribution in [-0.4, -0.2) is 47.0 Å². The van der Waals surface area contributed by atoms with Gasteiger partial charge in [-0.2, -0.15) is 0 Å². The van der Waals surface area contributed by atoms with Crippen molar-refractivity contribution in [3.63, 3.8) is 0 Å². The molecule has 1 aliphatic heterocycles. The number of aromatic nitrogens is 2. The second-order valence-electron chi connectivity index (χ2n) is 8.47. The van der Waals surface area contributed by atoms with Crippen LogP contribution in [0.25, 0.3) is 16.9 Å². The Morgan fingerprint density at radius 2 is 1.62 bits per heavy atom. The highest BCUT2D eigenvalue weighted by Gasteiger charge is 2.23. The Kier molecular flexibility index (Phi) is 6.48. The molecule has 0 bridgehead atoms. The normalized spacial score (nSPS) is 14.8. The van der Waals surface area contributed by atoms with Crippen molar-refractivity contribution in [1.82, 2.24) is 14.3 Å². The molecule has 0 amide bonds. The largest absolute Gasteiger partial charge is 0.367 e. The van der Waals surface area contributed by atoms with Gasteiger partial charge in [-0.15, -0.1) is 0 Å². The molecule has 0 aliphatic carbocycles. The zero-order valence-corrected chi connectivity index (χ0v) is 19.3. The first kappa shape index (κ1) is 22.7. The van der Waals surface area contributed by atoms with Crippen molar-refractivity contribution in [3.05, 3.63) is 89.0 Å². The molecule has 2 aromatic carbocycles. The van der Waals surface area contributed by atoms with Crippen LogP contribution in [0.3, 0.4) is 0 Å². The van der Waals surface area contributed by atoms with E-state index in [0.29, 0.717) is 18.1 Å². The minimum atomic E-state index is -1.41. The van der Waals surface area contributed by atoms with E-state index in [9.17, 15) is 13.2 Å². The van der Waals surface area contributed by atoms with E-state index in [1.807, 2.05) is 48.7 Å². The van der Waals surface area contributed by atoms with Gasteiger partial charge in [-0.05, 0) is 55.8 Å². The third-order valence-corrected chi connectivity index (χ3v) is 6.61. The first-order valence-electron chi connectivity index (χ1n) is 11.3. The van der Waals surface area contributed by atoms with Crippen LogP contribution in [0.1, 0.15) is 12.1 Å². The van der Waals surface area contributed by atoms with E-state index in [-0.39, 0.29) is 5.69 Å². The minimum Gasteiger partial charge on any atom is -0.367 e. The van der Waals surface area contributed by atoms with Gasteiger partial charge >= 0.3 is 0 Å². The van der Waals surface area contributed by atoms with Crippen LogP contribution in [0, 0.1) is 17.5 Å². The summed E-state index contributed by atoms with van der Waals surface area (Å²) in [6.07, 6.45) is 3.82. The quantitative estimate of drug-likeness (QED) is 0.322. The number of fused-ring (bicyclic) bond motifs is 1. The molecule has 0 saturated carbocycles. The highest BCUT2D eigenvalue weighted by atomic mass is 35.5. The third kappa shape index (κ3) is 4.50. The Morgan fingerprint density at radius 1 is 0.853 bits per heavy atom. The molecule has 0 N–H and O–H groups in total. The van der Waals surface area contributed by atoms with Crippen molar-refractivity contribution in [2.75, 3.05) is 37.6 Å². The summed E-state index contributed by atoms with van der Waals surface area (Å²) in [6, 6.07) is 16.0. The predicted octanol–water partition coefficient (Wildman–Crippen LogP) is 5.83. The van der Waals surface area contributed by atoms with Crippen molar-refractivity contribution in [1.29, 1.82) is 0 Å². The molecule has 5 rings (SSSR count). The monoisotopic (exact) mass is 484 g/mol. The molecule has 1 fully saturated rings. The van der Waals surface area contributed by atoms with E-state index < -0.39 is 17.5 Å². The van der Waals surface area contributed by atoms with Gasteiger partial charge < -0.3 is 9.30 Å². The summed E-state index contributed by atoms with van der Waals surface area (Å²) in [4.78, 5) is 8.94. The number of nitrogens with zero attached hydrogens (tertiary/aromatic N) is 4. The Hall–Kier alpha value is -3.03. The molecule has 0 spiro atoms. The average Bonchev–Trinajstić information content (AvgIpc) is 3.22. The number of benzene rings is 2. The van der Waals surface area contributed by atoms with E-state index in [2.05, 4.69) is 9.30 Å². The van der Waals surface area contributed by atoms with Gasteiger partial charge in [-0.1, -0.05) is 29.8 Å². The molecule has 3 heterocycles. The lowest BCUT2D eigenvalue weighted by atomic mass is 10.1. The standard InChI is InChI=1S/C26H24ClF3N4/c27-19-8-6-18(7-9-19)26-22(34-13-2-1-5-23(34)31-26)4-3-12-32-14-16-33(17-15-32)21-11-10-20(28)24(29)25(21)30/h1-2,5-11,13H,3-4,12,14-17H2. The SMILES string of the molecule is Fc1ccc(N2CCN(CCCc3c(-c4ccc(Cl)cc4)nc4ccccn34)CC2)c(F)c1F. The van der Waals surface area contributed by atoms with Crippen LogP contribution in [0.4, 0.5) is 18.9 Å². The van der Waals surface area contributed by atoms with Gasteiger partial charge in [0.15, 0.2) is 17.5 Å². The molecule has 1 aliphatic rings. The van der Waals surface area contributed by atoms with Crippen molar-refractivity contribution in [2.45, 2.75) is 12.8 Å². The van der Waals surface area contributed by atoms with Crippen molar-refractivity contribution < 1.29 is 13.2 Å². The van der Waals surface area contributed by atoms with E-state index in [1.165, 1.54) is 6.07 Å². The van der Waals surface area contributed by atoms with Gasteiger partial charge in [-0.25, -0.2) is 18.2 Å². The van der Waals surface area contributed by atoms with Crippen LogP contribution in [-0.2, 0) is 6.42 Å². The smallest absolute Gasteiger partial charge is 0.196 e. The molecule has 34 heavy (non-hydrogen) atoms. The summed E-state index contributed by atoms with van der Waals surface area (Å²) in [5.41, 5.74) is 4.17. The number of halogens is 4. The molecule has 4 nitrogen and oxygen atoms in total. The van der Waals surface area contributed by atoms with Crippen molar-refractivity contribution in [2.24, 2.45) is 0 Å². The number of pyridine rings is 1. The number of anilines is 1. The maximum atomic E-state index is 14.1. The number of rotatable bonds is 6. The predicted molar refractivity (Wildman–Crippen MR) is 129 cm³/mol. The number of aryl methyl sites for hydroxylation is 1. The molecule has 2 aromatic heterocycles. The first-order chi connectivity index (χ1) is 16.5. The van der Waals surface area contributed by atoms with Crippen molar-refractivity contribution >= 4 is 22.9 Å². The minimum absolute atomic E-state index is 0.122. The molecule has 8 heteroatoms. The Balaban J connectivity index is 1.24. The second-order valence-corrected chi connectivity index (χ2v) is 8.91. The lowest BCUT2D eigenvalue weighted by Gasteiger charge is -2.36. The van der Waals surface area contributed by atoms with Crippen LogP contribution in [0.5, 0.6) is 0 Å². The van der Waals surface area contributed by atoms with E-state index >= 15 is 0 Å². The molecule has 176 valence electrons. The number of hydrogen-bond acceptors (Lipinski definition) is 3. The Labute approximate surface area is 201 Å². The second kappa shape index (κ2) is 9.68. The van der Waals surface area contributed by atoms with Crippen molar-refractivity contribution in [3.8, 4) is 11.3 Å². The van der Waals surface area contributed by atoms with E-state index in [0.717, 1.165) is 61.1 Å². The molecular formula is C26H24ClF3N4. The summed E-state index contributed by atoms with van der Waals surface area (Å²) in [7, 11) is 0. The van der Waals surface area contributed by atoms with Gasteiger partial charge in [-0.3, -0.25) is 4.90 Å². The zero-order chi connectivity index (χ0) is 23.7. The van der Waals surface area contributed by atoms with E-state index in [4.69, 9.17) is 16.6 Å². The molecular weight excluding hydrogens is 461 g/mol. The highest BCUT2D eigenvalue weighted by Crippen LogP contribution is 2.28. The zero-order valence-electron chi connectivity index (χ0n) is 18.5. The summed E-state index contributed by atoms with van der Waals surface area (Å²) in [6.45, 7) is 3.47. The van der Waals surface area contributed by atoms with Gasteiger partial charge in [0.25, 0.3) is 0 Å². The number of hydrogen-bond donors (Lipinski definition) is 0. The van der Waals surface area contributed by atoms with Crippen LogP contribution >= 0.6 is 11.6 Å². The van der Waals surface area contributed by atoms with Gasteiger partial charge in [0.1, 0.15) is 5.65 Å². The first-order valence-corrected chi connectivity index (χ1v) is 11.7. The molecule has 0 unspecified atom stereocenters. The van der Waals surface area contributed by atoms with Crippen LogP contribution < -0.4 is 4.90 Å². The van der Waals surface area contributed by atoms with Crippen LogP contribution in [0.15, 0.2) is 60.8 Å². The molecule has 0 radical (unpaired) electrons. The van der Waals surface area contributed by atoms with Gasteiger partial charge in [0, 0.05) is 43.0 Å². The van der Waals surface area contributed by atoms with E-state index in [1.54, 1.807) is 4.90 Å². The average molecular weight is 485 g/mol. The topological polar surface area (TPSA) is 23.8 Å².